The molecule has 0 saturated heterocycles. The number of amides is 2. The van der Waals surface area contributed by atoms with E-state index >= 15 is 4.39 Å². The molecule has 0 aromatic heterocycles. The molecule has 7 nitrogen and oxygen atoms in total. The van der Waals surface area contributed by atoms with Crippen molar-refractivity contribution in [3.63, 3.8) is 0 Å². The van der Waals surface area contributed by atoms with Crippen molar-refractivity contribution in [3.8, 4) is 0 Å². The van der Waals surface area contributed by atoms with Gasteiger partial charge in [0, 0.05) is 29.6 Å². The van der Waals surface area contributed by atoms with Crippen molar-refractivity contribution in [2.75, 3.05) is 10.8 Å². The van der Waals surface area contributed by atoms with Crippen molar-refractivity contribution in [1.82, 2.24) is 10.2 Å². The standard InChI is InChI=1S/C37H39ClFN3O4S/c1-26-16-20-32(21-17-26)47(45,46)42(31-19-18-27(2)33(38)23-31)25-36(43)41(24-29-12-6-9-15-34(29)39)35(22-28-10-4-3-5-11-28)37(44)40-30-13-7-8-14-30/h3-6,9-12,15-21,23,30,35H,7-8,13-14,22,24-25H2,1-2H3,(H,40,44). The Hall–Kier alpha value is -4.21. The Bertz CT molecular complexity index is 1810. The molecule has 10 heteroatoms. The van der Waals surface area contributed by atoms with Crippen LogP contribution in [-0.2, 0) is 32.6 Å². The van der Waals surface area contributed by atoms with Gasteiger partial charge in [0.15, 0.2) is 0 Å². The maximum Gasteiger partial charge on any atom is 0.264 e. The normalized spacial score (nSPS) is 14.0. The number of nitrogens with zero attached hydrogens (tertiary/aromatic N) is 2. The van der Waals surface area contributed by atoms with E-state index in [2.05, 4.69) is 5.32 Å². The molecule has 4 aromatic rings. The molecule has 1 fully saturated rings. The van der Waals surface area contributed by atoms with Crippen LogP contribution in [0.5, 0.6) is 0 Å². The summed E-state index contributed by atoms with van der Waals surface area (Å²) >= 11 is 6.45. The van der Waals surface area contributed by atoms with Crippen molar-refractivity contribution in [1.29, 1.82) is 0 Å². The SMILES string of the molecule is Cc1ccc(S(=O)(=O)N(CC(=O)N(Cc2ccccc2F)C(Cc2ccccc2)C(=O)NC2CCCC2)c2ccc(C)c(Cl)c2)cc1. The molecule has 0 aliphatic heterocycles. The van der Waals surface area contributed by atoms with Gasteiger partial charge in [-0.05, 0) is 68.1 Å². The van der Waals surface area contributed by atoms with Crippen LogP contribution < -0.4 is 9.62 Å². The minimum Gasteiger partial charge on any atom is -0.352 e. The molecule has 0 heterocycles. The average Bonchev–Trinajstić information content (AvgIpc) is 3.57. The highest BCUT2D eigenvalue weighted by molar-refractivity contribution is 7.92. The quantitative estimate of drug-likeness (QED) is 0.175. The lowest BCUT2D eigenvalue weighted by atomic mass is 10.0. The highest BCUT2D eigenvalue weighted by Crippen LogP contribution is 2.29. The number of halogens is 2. The van der Waals surface area contributed by atoms with Gasteiger partial charge >= 0.3 is 0 Å². The molecule has 0 radical (unpaired) electrons. The number of sulfonamides is 1. The summed E-state index contributed by atoms with van der Waals surface area (Å²) in [6.45, 7) is 2.76. The number of carbonyl (C=O) groups is 2. The molecular formula is C37H39ClFN3O4S. The topological polar surface area (TPSA) is 86.8 Å². The minimum absolute atomic E-state index is 0.00642. The number of rotatable bonds is 12. The van der Waals surface area contributed by atoms with Crippen molar-refractivity contribution >= 4 is 39.1 Å². The molecule has 4 aromatic carbocycles. The lowest BCUT2D eigenvalue weighted by Crippen LogP contribution is -2.54. The summed E-state index contributed by atoms with van der Waals surface area (Å²) in [6, 6.07) is 25.4. The first-order valence-electron chi connectivity index (χ1n) is 15.8. The molecule has 0 bridgehead atoms. The number of benzene rings is 4. The summed E-state index contributed by atoms with van der Waals surface area (Å²) in [5.41, 5.74) is 2.81. The maximum atomic E-state index is 15.1. The fraction of sp³-hybridized carbons (Fsp3) is 0.297. The third-order valence-electron chi connectivity index (χ3n) is 8.60. The number of carbonyl (C=O) groups excluding carboxylic acids is 2. The summed E-state index contributed by atoms with van der Waals surface area (Å²) in [5, 5.41) is 3.45. The minimum atomic E-state index is -4.28. The number of anilines is 1. The smallest absolute Gasteiger partial charge is 0.264 e. The van der Waals surface area contributed by atoms with Gasteiger partial charge in [-0.15, -0.1) is 0 Å². The third kappa shape index (κ3) is 8.39. The van der Waals surface area contributed by atoms with E-state index in [-0.39, 0.29) is 41.1 Å². The second-order valence-corrected chi connectivity index (χ2v) is 14.3. The van der Waals surface area contributed by atoms with E-state index in [4.69, 9.17) is 11.6 Å². The molecule has 1 aliphatic rings. The Morgan fingerprint density at radius 3 is 2.23 bits per heavy atom. The first-order valence-corrected chi connectivity index (χ1v) is 17.6. The molecular weight excluding hydrogens is 637 g/mol. The van der Waals surface area contributed by atoms with E-state index in [0.29, 0.717) is 5.02 Å². The number of nitrogens with one attached hydrogen (secondary N) is 1. The highest BCUT2D eigenvalue weighted by atomic mass is 35.5. The van der Waals surface area contributed by atoms with Gasteiger partial charge in [0.05, 0.1) is 10.6 Å². The molecule has 1 N–H and O–H groups in total. The highest BCUT2D eigenvalue weighted by Gasteiger charge is 2.36. The Balaban J connectivity index is 1.58. The van der Waals surface area contributed by atoms with E-state index in [9.17, 15) is 18.0 Å². The molecule has 1 saturated carbocycles. The lowest BCUT2D eigenvalue weighted by Gasteiger charge is -2.34. The van der Waals surface area contributed by atoms with Crippen LogP contribution in [-0.4, -0.2) is 43.8 Å². The van der Waals surface area contributed by atoms with Crippen LogP contribution in [0, 0.1) is 19.7 Å². The van der Waals surface area contributed by atoms with Crippen molar-refractivity contribution in [2.24, 2.45) is 0 Å². The summed E-state index contributed by atoms with van der Waals surface area (Å²) in [6.07, 6.45) is 3.82. The van der Waals surface area contributed by atoms with E-state index in [1.54, 1.807) is 49.4 Å². The summed E-state index contributed by atoms with van der Waals surface area (Å²) in [4.78, 5) is 30.0. The zero-order chi connectivity index (χ0) is 33.6. The predicted octanol–water partition coefficient (Wildman–Crippen LogP) is 6.99. The molecule has 5 rings (SSSR count). The van der Waals surface area contributed by atoms with Gasteiger partial charge in [-0.3, -0.25) is 13.9 Å². The van der Waals surface area contributed by atoms with Gasteiger partial charge in [-0.1, -0.05) is 96.7 Å². The number of hydrogen-bond donors (Lipinski definition) is 1. The molecule has 2 amide bonds. The predicted molar refractivity (Wildman–Crippen MR) is 183 cm³/mol. The molecule has 0 spiro atoms. The maximum absolute atomic E-state index is 15.1. The van der Waals surface area contributed by atoms with Crippen molar-refractivity contribution < 1.29 is 22.4 Å². The van der Waals surface area contributed by atoms with Crippen LogP contribution in [0.1, 0.15) is 47.9 Å². The lowest BCUT2D eigenvalue weighted by molar-refractivity contribution is -0.140. The van der Waals surface area contributed by atoms with Crippen molar-refractivity contribution in [2.45, 2.75) is 69.5 Å². The fourth-order valence-corrected chi connectivity index (χ4v) is 7.42. The fourth-order valence-electron chi connectivity index (χ4n) is 5.83. The van der Waals surface area contributed by atoms with Gasteiger partial charge in [0.1, 0.15) is 18.4 Å². The van der Waals surface area contributed by atoms with Crippen LogP contribution in [0.3, 0.4) is 0 Å². The second kappa shape index (κ2) is 15.1. The summed E-state index contributed by atoms with van der Waals surface area (Å²) in [5.74, 6) is -1.56. The van der Waals surface area contributed by atoms with Gasteiger partial charge in [0.25, 0.3) is 10.0 Å². The largest absolute Gasteiger partial charge is 0.352 e. The molecule has 1 atom stereocenters. The monoisotopic (exact) mass is 675 g/mol. The Labute approximate surface area is 281 Å². The van der Waals surface area contributed by atoms with Crippen LogP contribution in [0.2, 0.25) is 5.02 Å². The molecule has 1 aliphatic carbocycles. The second-order valence-electron chi connectivity index (χ2n) is 12.1. The van der Waals surface area contributed by atoms with Gasteiger partial charge < -0.3 is 10.2 Å². The number of hydrogen-bond acceptors (Lipinski definition) is 4. The van der Waals surface area contributed by atoms with Crippen LogP contribution in [0.15, 0.2) is 102 Å². The molecule has 246 valence electrons. The van der Waals surface area contributed by atoms with Crippen LogP contribution in [0.25, 0.3) is 0 Å². The first kappa shape index (κ1) is 34.1. The van der Waals surface area contributed by atoms with E-state index in [0.717, 1.165) is 46.7 Å². The van der Waals surface area contributed by atoms with E-state index in [1.165, 1.54) is 29.2 Å². The van der Waals surface area contributed by atoms with Gasteiger partial charge in [-0.25, -0.2) is 12.8 Å². The summed E-state index contributed by atoms with van der Waals surface area (Å²) < 4.78 is 44.6. The van der Waals surface area contributed by atoms with Crippen molar-refractivity contribution in [3.05, 3.63) is 130 Å². The Morgan fingerprint density at radius 2 is 1.57 bits per heavy atom. The van der Waals surface area contributed by atoms with Crippen LogP contribution >= 0.6 is 11.6 Å². The Kier molecular flexibility index (Phi) is 11.0. The molecule has 1 unspecified atom stereocenters. The number of aryl methyl sites for hydroxylation is 2. The Morgan fingerprint density at radius 1 is 0.915 bits per heavy atom. The van der Waals surface area contributed by atoms with Crippen LogP contribution in [0.4, 0.5) is 10.1 Å². The van der Waals surface area contributed by atoms with Gasteiger partial charge in [-0.2, -0.15) is 0 Å². The molecule has 47 heavy (non-hydrogen) atoms. The average molecular weight is 676 g/mol. The zero-order valence-electron chi connectivity index (χ0n) is 26.5. The first-order chi connectivity index (χ1) is 22.5. The van der Waals surface area contributed by atoms with E-state index < -0.39 is 34.3 Å². The zero-order valence-corrected chi connectivity index (χ0v) is 28.1. The third-order valence-corrected chi connectivity index (χ3v) is 10.8. The summed E-state index contributed by atoms with van der Waals surface area (Å²) in [7, 11) is -4.28. The van der Waals surface area contributed by atoms with E-state index in [1.807, 2.05) is 37.3 Å². The van der Waals surface area contributed by atoms with Gasteiger partial charge in [0.2, 0.25) is 11.8 Å².